The fraction of sp³-hybridized carbons (Fsp3) is 0.188. The normalized spacial score (nSPS) is 11.7. The van der Waals surface area contributed by atoms with E-state index in [1.807, 2.05) is 13.0 Å². The number of nitrogens with one attached hydrogen (secondary N) is 2. The molecule has 0 saturated heterocycles. The van der Waals surface area contributed by atoms with Gasteiger partial charge in [0.25, 0.3) is 10.0 Å². The first-order chi connectivity index (χ1) is 11.3. The number of sulfonamides is 1. The zero-order valence-corrected chi connectivity index (χ0v) is 15.0. The van der Waals surface area contributed by atoms with Crippen LogP contribution in [0.2, 0.25) is 0 Å². The molecule has 3 rings (SSSR count). The fourth-order valence-corrected chi connectivity index (χ4v) is 4.87. The molecule has 0 atom stereocenters. The molecule has 5 nitrogen and oxygen atoms in total. The number of aromatic nitrogens is 2. The van der Waals surface area contributed by atoms with E-state index in [1.54, 1.807) is 19.9 Å². The van der Waals surface area contributed by atoms with E-state index < -0.39 is 15.8 Å². The van der Waals surface area contributed by atoms with Crippen LogP contribution >= 0.6 is 11.3 Å². The molecule has 0 bridgehead atoms. The zero-order valence-electron chi connectivity index (χ0n) is 13.3. The quantitative estimate of drug-likeness (QED) is 0.734. The summed E-state index contributed by atoms with van der Waals surface area (Å²) < 4.78 is 41.3. The van der Waals surface area contributed by atoms with Crippen LogP contribution in [0, 0.1) is 26.6 Å². The molecule has 2 heterocycles. The summed E-state index contributed by atoms with van der Waals surface area (Å²) in [6.45, 7) is 5.23. The molecule has 0 fully saturated rings. The SMILES string of the molecule is Cc1cc(-c2cc(S(=O)(=O)Nc3ccc(C)c(F)c3)c(C)s2)n[nH]1. The first-order valence-electron chi connectivity index (χ1n) is 7.18. The van der Waals surface area contributed by atoms with Gasteiger partial charge in [-0.15, -0.1) is 11.3 Å². The van der Waals surface area contributed by atoms with Gasteiger partial charge in [0.05, 0.1) is 10.6 Å². The van der Waals surface area contributed by atoms with E-state index in [-0.39, 0.29) is 10.6 Å². The first kappa shape index (κ1) is 16.7. The smallest absolute Gasteiger partial charge is 0.263 e. The van der Waals surface area contributed by atoms with Gasteiger partial charge in [0, 0.05) is 10.6 Å². The number of rotatable bonds is 4. The van der Waals surface area contributed by atoms with Crippen LogP contribution < -0.4 is 4.72 Å². The van der Waals surface area contributed by atoms with Gasteiger partial charge >= 0.3 is 0 Å². The fourth-order valence-electron chi connectivity index (χ4n) is 2.27. The molecule has 0 saturated carbocycles. The number of halogens is 1. The molecule has 2 N–H and O–H groups in total. The second-order valence-corrected chi connectivity index (χ2v) is 8.44. The van der Waals surface area contributed by atoms with E-state index in [0.29, 0.717) is 16.1 Å². The van der Waals surface area contributed by atoms with Crippen molar-refractivity contribution in [2.75, 3.05) is 4.72 Å². The Balaban J connectivity index is 1.95. The predicted octanol–water partition coefficient (Wildman–Crippen LogP) is 4.00. The highest BCUT2D eigenvalue weighted by Crippen LogP contribution is 2.33. The Kier molecular flexibility index (Phi) is 4.18. The van der Waals surface area contributed by atoms with Crippen molar-refractivity contribution in [1.82, 2.24) is 10.2 Å². The van der Waals surface area contributed by atoms with Gasteiger partial charge in [0.1, 0.15) is 16.4 Å². The van der Waals surface area contributed by atoms with Gasteiger partial charge in [-0.1, -0.05) is 6.07 Å². The van der Waals surface area contributed by atoms with Gasteiger partial charge in [0.2, 0.25) is 0 Å². The van der Waals surface area contributed by atoms with Crippen molar-refractivity contribution in [2.45, 2.75) is 25.7 Å². The van der Waals surface area contributed by atoms with E-state index >= 15 is 0 Å². The number of aryl methyl sites for hydroxylation is 3. The largest absolute Gasteiger partial charge is 0.282 e. The number of H-pyrrole nitrogens is 1. The van der Waals surface area contributed by atoms with Gasteiger partial charge in [-0.2, -0.15) is 5.10 Å². The summed E-state index contributed by atoms with van der Waals surface area (Å²) in [5.41, 5.74) is 2.25. The van der Waals surface area contributed by atoms with E-state index in [0.717, 1.165) is 10.6 Å². The van der Waals surface area contributed by atoms with E-state index in [9.17, 15) is 12.8 Å². The molecule has 0 unspecified atom stereocenters. The summed E-state index contributed by atoms with van der Waals surface area (Å²) in [6, 6.07) is 7.68. The molecule has 0 spiro atoms. The van der Waals surface area contributed by atoms with Crippen molar-refractivity contribution in [3.63, 3.8) is 0 Å². The minimum atomic E-state index is -3.80. The molecule has 2 aromatic heterocycles. The molecule has 0 amide bonds. The lowest BCUT2D eigenvalue weighted by Gasteiger charge is -2.08. The number of hydrogen-bond donors (Lipinski definition) is 2. The van der Waals surface area contributed by atoms with Crippen LogP contribution in [0.5, 0.6) is 0 Å². The summed E-state index contributed by atoms with van der Waals surface area (Å²) in [5, 5.41) is 6.98. The summed E-state index contributed by atoms with van der Waals surface area (Å²) in [6.07, 6.45) is 0. The van der Waals surface area contributed by atoms with Crippen LogP contribution in [0.4, 0.5) is 10.1 Å². The summed E-state index contributed by atoms with van der Waals surface area (Å²) in [5.74, 6) is -0.454. The Labute approximate surface area is 143 Å². The van der Waals surface area contributed by atoms with Crippen molar-refractivity contribution in [2.24, 2.45) is 0 Å². The zero-order chi connectivity index (χ0) is 17.5. The standard InChI is InChI=1S/C16H16FN3O2S2/c1-9-4-5-12(7-13(9)17)20-24(21,22)16-8-15(23-11(16)3)14-6-10(2)18-19-14/h4-8,20H,1-3H3,(H,18,19). The molecule has 1 aromatic carbocycles. The average molecular weight is 365 g/mol. The Morgan fingerprint density at radius 3 is 2.54 bits per heavy atom. The Morgan fingerprint density at radius 1 is 1.17 bits per heavy atom. The van der Waals surface area contributed by atoms with Gasteiger partial charge in [0.15, 0.2) is 0 Å². The van der Waals surface area contributed by atoms with Gasteiger partial charge < -0.3 is 0 Å². The highest BCUT2D eigenvalue weighted by atomic mass is 32.2. The molecule has 8 heteroatoms. The maximum Gasteiger partial charge on any atom is 0.263 e. The number of benzene rings is 1. The second kappa shape index (κ2) is 6.03. The first-order valence-corrected chi connectivity index (χ1v) is 9.48. The third-order valence-corrected chi connectivity index (χ3v) is 6.25. The Hall–Kier alpha value is -2.19. The minimum Gasteiger partial charge on any atom is -0.282 e. The maximum atomic E-state index is 13.6. The summed E-state index contributed by atoms with van der Waals surface area (Å²) in [4.78, 5) is 1.57. The molecule has 0 aliphatic rings. The number of hydrogen-bond acceptors (Lipinski definition) is 4. The Bertz CT molecular complexity index is 1010. The minimum absolute atomic E-state index is 0.170. The summed E-state index contributed by atoms with van der Waals surface area (Å²) in [7, 11) is -3.80. The van der Waals surface area contributed by atoms with Gasteiger partial charge in [-0.3, -0.25) is 9.82 Å². The van der Waals surface area contributed by atoms with Gasteiger partial charge in [-0.25, -0.2) is 12.8 Å². The lowest BCUT2D eigenvalue weighted by atomic mass is 10.2. The number of nitrogens with zero attached hydrogens (tertiary/aromatic N) is 1. The highest BCUT2D eigenvalue weighted by Gasteiger charge is 2.21. The number of aromatic amines is 1. The van der Waals surface area contributed by atoms with E-state index in [4.69, 9.17) is 0 Å². The van der Waals surface area contributed by atoms with E-state index in [2.05, 4.69) is 14.9 Å². The topological polar surface area (TPSA) is 74.8 Å². The molecule has 126 valence electrons. The monoisotopic (exact) mass is 365 g/mol. The van der Waals surface area contributed by atoms with Crippen molar-refractivity contribution in [3.05, 3.63) is 52.3 Å². The van der Waals surface area contributed by atoms with Crippen LogP contribution in [0.25, 0.3) is 10.6 Å². The molecule has 3 aromatic rings. The lowest BCUT2D eigenvalue weighted by Crippen LogP contribution is -2.13. The lowest BCUT2D eigenvalue weighted by molar-refractivity contribution is 0.601. The maximum absolute atomic E-state index is 13.6. The molecular formula is C16H16FN3O2S2. The van der Waals surface area contributed by atoms with Gasteiger partial charge in [-0.05, 0) is 50.6 Å². The van der Waals surface area contributed by atoms with Crippen LogP contribution in [-0.4, -0.2) is 18.6 Å². The molecule has 0 aliphatic heterocycles. The van der Waals surface area contributed by atoms with Crippen LogP contribution in [0.3, 0.4) is 0 Å². The molecule has 0 aliphatic carbocycles. The van der Waals surface area contributed by atoms with Crippen molar-refractivity contribution >= 4 is 27.0 Å². The molecular weight excluding hydrogens is 349 g/mol. The molecule has 24 heavy (non-hydrogen) atoms. The average Bonchev–Trinajstić information content (AvgIpc) is 3.09. The van der Waals surface area contributed by atoms with Crippen LogP contribution in [0.15, 0.2) is 35.2 Å². The van der Waals surface area contributed by atoms with Crippen LogP contribution in [-0.2, 0) is 10.0 Å². The highest BCUT2D eigenvalue weighted by molar-refractivity contribution is 7.93. The van der Waals surface area contributed by atoms with Crippen LogP contribution in [0.1, 0.15) is 16.1 Å². The Morgan fingerprint density at radius 2 is 1.92 bits per heavy atom. The van der Waals surface area contributed by atoms with E-state index in [1.165, 1.54) is 29.5 Å². The number of thiophene rings is 1. The van der Waals surface area contributed by atoms with Crippen molar-refractivity contribution in [1.29, 1.82) is 0 Å². The second-order valence-electron chi connectivity index (χ2n) is 5.54. The van der Waals surface area contributed by atoms with Crippen molar-refractivity contribution < 1.29 is 12.8 Å². The molecule has 0 radical (unpaired) electrons. The third-order valence-electron chi connectivity index (χ3n) is 3.54. The number of anilines is 1. The predicted molar refractivity (Wildman–Crippen MR) is 93.3 cm³/mol. The summed E-state index contributed by atoms with van der Waals surface area (Å²) >= 11 is 1.35. The van der Waals surface area contributed by atoms with Crippen molar-refractivity contribution in [3.8, 4) is 10.6 Å². The third kappa shape index (κ3) is 3.20.